The van der Waals surface area contributed by atoms with Gasteiger partial charge in [0.25, 0.3) is 7.48 Å². The van der Waals surface area contributed by atoms with Crippen LogP contribution in [-0.2, 0) is 9.59 Å². The third kappa shape index (κ3) is 4.18. The molecule has 0 bridgehead atoms. The molecule has 0 aromatic rings. The first-order chi connectivity index (χ1) is 11.8. The molecule has 8 heteroatoms. The van der Waals surface area contributed by atoms with Gasteiger partial charge in [-0.3, -0.25) is 14.9 Å². The van der Waals surface area contributed by atoms with Gasteiger partial charge in [0.1, 0.15) is 5.54 Å². The van der Waals surface area contributed by atoms with Crippen LogP contribution in [0.1, 0.15) is 46.0 Å². The van der Waals surface area contributed by atoms with Crippen molar-refractivity contribution in [1.82, 2.24) is 10.2 Å². The summed E-state index contributed by atoms with van der Waals surface area (Å²) >= 11 is 0. The predicted molar refractivity (Wildman–Crippen MR) is 96.0 cm³/mol. The van der Waals surface area contributed by atoms with Gasteiger partial charge in [0, 0.05) is 25.0 Å². The van der Waals surface area contributed by atoms with Gasteiger partial charge in [-0.2, -0.15) is 0 Å². The Morgan fingerprint density at radius 2 is 2.12 bits per heavy atom. The summed E-state index contributed by atoms with van der Waals surface area (Å²) in [6, 6.07) is -0.607. The Kier molecular flexibility index (Phi) is 6.88. The molecule has 0 aromatic carbocycles. The first kappa shape index (κ1) is 20.2. The summed E-state index contributed by atoms with van der Waals surface area (Å²) in [5.41, 5.74) is 5.09. The molecular weight excluding hydrogens is 321 g/mol. The molecule has 1 unspecified atom stereocenters. The standard InChI is InChI=1S/C17H31BN3O4/c1-11(2)9-13(19)15(22)21-8-5-12-14(21)10-20-17(12,16(23)24)6-3-4-7-18-25/h11-14,20,25H,3-10,19H2,1-2H3,(H,23,24)/t12-,13?,14-,17+/m0/s1. The SMILES string of the molecule is CC(C)CC(N)C(=O)N1CC[C@H]2[C@@H]1CN[C@@]2(CCCC[B]O)C(=O)O. The highest BCUT2D eigenvalue weighted by atomic mass is 16.4. The number of carbonyl (C=O) groups excluding carboxylic acids is 1. The van der Waals surface area contributed by atoms with Gasteiger partial charge in [0.05, 0.1) is 6.04 Å². The van der Waals surface area contributed by atoms with Crippen LogP contribution in [0, 0.1) is 11.8 Å². The Balaban J connectivity index is 2.05. The highest BCUT2D eigenvalue weighted by Crippen LogP contribution is 2.41. The molecule has 25 heavy (non-hydrogen) atoms. The summed E-state index contributed by atoms with van der Waals surface area (Å²) in [5, 5.41) is 21.9. The van der Waals surface area contributed by atoms with Gasteiger partial charge < -0.3 is 20.8 Å². The summed E-state index contributed by atoms with van der Waals surface area (Å²) < 4.78 is 0. The Hall–Kier alpha value is -1.12. The molecule has 2 saturated heterocycles. The van der Waals surface area contributed by atoms with Crippen molar-refractivity contribution in [1.29, 1.82) is 0 Å². The molecule has 1 amide bonds. The maximum atomic E-state index is 12.7. The van der Waals surface area contributed by atoms with Crippen LogP contribution in [0.3, 0.4) is 0 Å². The number of fused-ring (bicyclic) bond motifs is 1. The zero-order valence-corrected chi connectivity index (χ0v) is 15.3. The highest BCUT2D eigenvalue weighted by molar-refractivity contribution is 6.25. The highest BCUT2D eigenvalue weighted by Gasteiger charge is 2.58. The fraction of sp³-hybridized carbons (Fsp3) is 0.882. The average Bonchev–Trinajstić information content (AvgIpc) is 3.11. The molecule has 0 spiro atoms. The molecular formula is C17H31BN3O4. The van der Waals surface area contributed by atoms with Crippen LogP contribution in [0.5, 0.6) is 0 Å². The van der Waals surface area contributed by atoms with Gasteiger partial charge in [-0.25, -0.2) is 0 Å². The number of aliphatic carboxylic acids is 1. The number of amides is 1. The Morgan fingerprint density at radius 1 is 1.40 bits per heavy atom. The summed E-state index contributed by atoms with van der Waals surface area (Å²) in [6.07, 6.45) is 3.89. The molecule has 2 heterocycles. The molecule has 0 aliphatic carbocycles. The number of rotatable bonds is 9. The van der Waals surface area contributed by atoms with Gasteiger partial charge in [0.2, 0.25) is 5.91 Å². The van der Waals surface area contributed by atoms with E-state index in [1.54, 1.807) is 4.90 Å². The fourth-order valence-corrected chi connectivity index (χ4v) is 4.45. The summed E-state index contributed by atoms with van der Waals surface area (Å²) in [5.74, 6) is -0.633. The molecule has 141 valence electrons. The lowest BCUT2D eigenvalue weighted by Gasteiger charge is -2.31. The lowest BCUT2D eigenvalue weighted by molar-refractivity contribution is -0.147. The molecule has 2 fully saturated rings. The van der Waals surface area contributed by atoms with E-state index in [1.165, 1.54) is 0 Å². The molecule has 2 aliphatic rings. The van der Waals surface area contributed by atoms with Crippen molar-refractivity contribution in [2.45, 2.75) is 69.9 Å². The molecule has 7 nitrogen and oxygen atoms in total. The third-order valence-corrected chi connectivity index (χ3v) is 5.67. The molecule has 4 atom stereocenters. The van der Waals surface area contributed by atoms with Gasteiger partial charge in [-0.05, 0) is 25.2 Å². The van der Waals surface area contributed by atoms with E-state index < -0.39 is 17.6 Å². The number of nitrogens with zero attached hydrogens (tertiary/aromatic N) is 1. The number of hydrogen-bond acceptors (Lipinski definition) is 5. The van der Waals surface area contributed by atoms with Crippen LogP contribution in [0.2, 0.25) is 6.32 Å². The van der Waals surface area contributed by atoms with E-state index in [0.29, 0.717) is 44.6 Å². The van der Waals surface area contributed by atoms with E-state index in [9.17, 15) is 14.7 Å². The van der Waals surface area contributed by atoms with Crippen LogP contribution < -0.4 is 11.1 Å². The van der Waals surface area contributed by atoms with Gasteiger partial charge in [0.15, 0.2) is 0 Å². The maximum Gasteiger partial charge on any atom is 0.324 e. The van der Waals surface area contributed by atoms with Crippen molar-refractivity contribution in [2.24, 2.45) is 17.6 Å². The van der Waals surface area contributed by atoms with E-state index in [0.717, 1.165) is 20.3 Å². The van der Waals surface area contributed by atoms with E-state index in [-0.39, 0.29) is 17.9 Å². The first-order valence-corrected chi connectivity index (χ1v) is 9.34. The van der Waals surface area contributed by atoms with E-state index >= 15 is 0 Å². The van der Waals surface area contributed by atoms with Crippen molar-refractivity contribution in [2.75, 3.05) is 13.1 Å². The number of carboxylic acid groups (broad SMARTS) is 1. The Bertz CT molecular complexity index is 491. The van der Waals surface area contributed by atoms with Crippen LogP contribution in [0.4, 0.5) is 0 Å². The normalized spacial score (nSPS) is 29.7. The minimum atomic E-state index is -0.975. The van der Waals surface area contributed by atoms with E-state index in [4.69, 9.17) is 10.8 Å². The molecule has 5 N–H and O–H groups in total. The molecule has 2 aliphatic heterocycles. The fourth-order valence-electron chi connectivity index (χ4n) is 4.45. The van der Waals surface area contributed by atoms with Crippen LogP contribution in [0.25, 0.3) is 0 Å². The number of unbranched alkanes of at least 4 members (excludes halogenated alkanes) is 1. The van der Waals surface area contributed by atoms with Gasteiger partial charge in [-0.15, -0.1) is 0 Å². The smallest absolute Gasteiger partial charge is 0.324 e. The van der Waals surface area contributed by atoms with E-state index in [2.05, 4.69) is 5.32 Å². The zero-order valence-electron chi connectivity index (χ0n) is 15.3. The minimum Gasteiger partial charge on any atom is -0.480 e. The Labute approximate surface area is 150 Å². The summed E-state index contributed by atoms with van der Waals surface area (Å²) in [4.78, 5) is 26.5. The van der Waals surface area contributed by atoms with Crippen LogP contribution >= 0.6 is 0 Å². The largest absolute Gasteiger partial charge is 0.480 e. The minimum absolute atomic E-state index is 0.0564. The summed E-state index contributed by atoms with van der Waals surface area (Å²) in [6.45, 7) is 5.16. The number of carboxylic acids is 1. The average molecular weight is 352 g/mol. The first-order valence-electron chi connectivity index (χ1n) is 9.34. The maximum absolute atomic E-state index is 12.7. The zero-order chi connectivity index (χ0) is 18.6. The van der Waals surface area contributed by atoms with Crippen LogP contribution in [-0.4, -0.2) is 65.1 Å². The summed E-state index contributed by atoms with van der Waals surface area (Å²) in [7, 11) is 1.12. The number of likely N-dealkylation sites (tertiary alicyclic amines) is 1. The predicted octanol–water partition coefficient (Wildman–Crippen LogP) is 0.204. The Morgan fingerprint density at radius 3 is 2.72 bits per heavy atom. The van der Waals surface area contributed by atoms with Crippen molar-refractivity contribution < 1.29 is 19.7 Å². The van der Waals surface area contributed by atoms with E-state index in [1.807, 2.05) is 13.8 Å². The number of hydrogen-bond donors (Lipinski definition) is 4. The second kappa shape index (κ2) is 8.51. The van der Waals surface area contributed by atoms with Crippen molar-refractivity contribution >= 4 is 19.4 Å². The molecule has 0 aromatic heterocycles. The number of carbonyl (C=O) groups is 2. The van der Waals surface area contributed by atoms with Crippen LogP contribution in [0.15, 0.2) is 0 Å². The topological polar surface area (TPSA) is 116 Å². The number of nitrogens with one attached hydrogen (secondary N) is 1. The molecule has 0 saturated carbocycles. The quantitative estimate of drug-likeness (QED) is 0.348. The van der Waals surface area contributed by atoms with Crippen molar-refractivity contribution in [3.8, 4) is 0 Å². The van der Waals surface area contributed by atoms with Gasteiger partial charge >= 0.3 is 5.97 Å². The monoisotopic (exact) mass is 352 g/mol. The van der Waals surface area contributed by atoms with Crippen molar-refractivity contribution in [3.05, 3.63) is 0 Å². The second-order valence-corrected chi connectivity index (χ2v) is 7.82. The van der Waals surface area contributed by atoms with Crippen molar-refractivity contribution in [3.63, 3.8) is 0 Å². The lowest BCUT2D eigenvalue weighted by Crippen LogP contribution is -2.52. The molecule has 2 rings (SSSR count). The molecule has 1 radical (unpaired) electrons. The second-order valence-electron chi connectivity index (χ2n) is 7.82. The number of nitrogens with two attached hydrogens (primary N) is 1. The lowest BCUT2D eigenvalue weighted by atomic mass is 9.78. The third-order valence-electron chi connectivity index (χ3n) is 5.67. The van der Waals surface area contributed by atoms with Gasteiger partial charge in [-0.1, -0.05) is 33.0 Å².